The first kappa shape index (κ1) is 12.6. The minimum atomic E-state index is -0.421. The van der Waals surface area contributed by atoms with E-state index in [4.69, 9.17) is 10.2 Å². The number of esters is 1. The molecule has 4 nitrogen and oxygen atoms in total. The molecule has 16 heavy (non-hydrogen) atoms. The van der Waals surface area contributed by atoms with Gasteiger partial charge in [0.2, 0.25) is 0 Å². The molecule has 0 aliphatic rings. The van der Waals surface area contributed by atoms with Gasteiger partial charge < -0.3 is 14.9 Å². The minimum Gasteiger partial charge on any atom is -0.465 e. The van der Waals surface area contributed by atoms with Gasteiger partial charge in [-0.05, 0) is 18.2 Å². The number of anilines is 1. The Labute approximate surface area is 102 Å². The van der Waals surface area contributed by atoms with Crippen molar-refractivity contribution in [2.45, 2.75) is 0 Å². The number of halogens is 1. The summed E-state index contributed by atoms with van der Waals surface area (Å²) < 4.78 is 9.81. The fraction of sp³-hybridized carbons (Fsp3) is 0.100. The maximum atomic E-state index is 11.3. The Morgan fingerprint density at radius 1 is 1.56 bits per heavy atom. The van der Waals surface area contributed by atoms with Gasteiger partial charge in [-0.1, -0.05) is 0 Å². The van der Waals surface area contributed by atoms with Crippen LogP contribution in [0.5, 0.6) is 0 Å². The van der Waals surface area contributed by atoms with Crippen molar-refractivity contribution in [3.63, 3.8) is 0 Å². The standard InChI is InChI=1S/C10H9NO3S.ClH/c1-13-10(12)9-6(11)5-8(15-9)7-3-2-4-14-7;/h2-5H,11H2,1H3;1H. The highest BCUT2D eigenvalue weighted by Crippen LogP contribution is 2.33. The summed E-state index contributed by atoms with van der Waals surface area (Å²) in [7, 11) is 1.33. The maximum absolute atomic E-state index is 11.3. The summed E-state index contributed by atoms with van der Waals surface area (Å²) in [6, 6.07) is 5.30. The Morgan fingerprint density at radius 2 is 2.31 bits per heavy atom. The highest BCUT2D eigenvalue weighted by atomic mass is 35.5. The van der Waals surface area contributed by atoms with Gasteiger partial charge in [0.25, 0.3) is 0 Å². The maximum Gasteiger partial charge on any atom is 0.350 e. The fourth-order valence-corrected chi connectivity index (χ4v) is 2.16. The molecule has 0 unspecified atom stereocenters. The number of rotatable bonds is 2. The molecule has 2 aromatic rings. The van der Waals surface area contributed by atoms with E-state index in [0.29, 0.717) is 16.3 Å². The molecule has 6 heteroatoms. The molecule has 0 bridgehead atoms. The minimum absolute atomic E-state index is 0. The van der Waals surface area contributed by atoms with Crippen molar-refractivity contribution in [2.24, 2.45) is 0 Å². The average molecular weight is 260 g/mol. The van der Waals surface area contributed by atoms with Gasteiger partial charge in [-0.15, -0.1) is 23.7 Å². The molecule has 0 aliphatic heterocycles. The number of hydrogen-bond acceptors (Lipinski definition) is 5. The number of nitrogen functional groups attached to an aromatic ring is 1. The van der Waals surface area contributed by atoms with Crippen molar-refractivity contribution in [1.82, 2.24) is 0 Å². The lowest BCUT2D eigenvalue weighted by atomic mass is 10.3. The molecule has 0 spiro atoms. The van der Waals surface area contributed by atoms with Crippen LogP contribution in [0.3, 0.4) is 0 Å². The van der Waals surface area contributed by atoms with Gasteiger partial charge >= 0.3 is 5.97 Å². The van der Waals surface area contributed by atoms with Gasteiger partial charge in [-0.2, -0.15) is 0 Å². The second-order valence-corrected chi connectivity index (χ2v) is 3.92. The smallest absolute Gasteiger partial charge is 0.350 e. The van der Waals surface area contributed by atoms with Gasteiger partial charge in [-0.25, -0.2) is 4.79 Å². The first-order valence-corrected chi connectivity index (χ1v) is 5.05. The number of carbonyl (C=O) groups is 1. The Hall–Kier alpha value is -1.46. The van der Waals surface area contributed by atoms with Gasteiger partial charge in [-0.3, -0.25) is 0 Å². The predicted octanol–water partition coefficient (Wildman–Crippen LogP) is 2.80. The molecule has 0 radical (unpaired) electrons. The highest BCUT2D eigenvalue weighted by molar-refractivity contribution is 7.17. The van der Waals surface area contributed by atoms with Gasteiger partial charge in [0.15, 0.2) is 0 Å². The molecule has 0 aromatic carbocycles. The molecule has 0 saturated heterocycles. The number of thiophene rings is 1. The van der Waals surface area contributed by atoms with E-state index < -0.39 is 5.97 Å². The Kier molecular flexibility index (Phi) is 3.98. The Balaban J connectivity index is 0.00000128. The van der Waals surface area contributed by atoms with Gasteiger partial charge in [0, 0.05) is 0 Å². The summed E-state index contributed by atoms with van der Waals surface area (Å²) in [5.41, 5.74) is 6.11. The van der Waals surface area contributed by atoms with Crippen molar-refractivity contribution in [3.8, 4) is 10.6 Å². The second-order valence-electron chi connectivity index (χ2n) is 2.86. The largest absolute Gasteiger partial charge is 0.465 e. The van der Waals surface area contributed by atoms with E-state index >= 15 is 0 Å². The quantitative estimate of drug-likeness (QED) is 0.843. The summed E-state index contributed by atoms with van der Waals surface area (Å²) >= 11 is 1.26. The molecule has 0 aliphatic carbocycles. The van der Waals surface area contributed by atoms with Crippen LogP contribution in [-0.2, 0) is 4.74 Å². The molecule has 0 saturated carbocycles. The third-order valence-electron chi connectivity index (χ3n) is 1.90. The monoisotopic (exact) mass is 259 g/mol. The van der Waals surface area contributed by atoms with Gasteiger partial charge in [0.1, 0.15) is 10.6 Å². The van der Waals surface area contributed by atoms with Crippen LogP contribution in [0.15, 0.2) is 28.9 Å². The molecule has 2 N–H and O–H groups in total. The van der Waals surface area contributed by atoms with Gasteiger partial charge in [0.05, 0.1) is 23.9 Å². The zero-order chi connectivity index (χ0) is 10.8. The fourth-order valence-electron chi connectivity index (χ4n) is 1.20. The molecule has 0 atom stereocenters. The number of ether oxygens (including phenoxy) is 1. The summed E-state index contributed by atoms with van der Waals surface area (Å²) in [5, 5.41) is 0. The van der Waals surface area contributed by atoms with Crippen LogP contribution in [0.2, 0.25) is 0 Å². The normalized spacial score (nSPS) is 9.56. The number of carbonyl (C=O) groups excluding carboxylic acids is 1. The van der Waals surface area contributed by atoms with Crippen molar-refractivity contribution in [2.75, 3.05) is 12.8 Å². The van der Waals surface area contributed by atoms with Crippen LogP contribution in [0.1, 0.15) is 9.67 Å². The van der Waals surface area contributed by atoms with Crippen LogP contribution >= 0.6 is 23.7 Å². The van der Waals surface area contributed by atoms with Crippen molar-refractivity contribution >= 4 is 35.4 Å². The summed E-state index contributed by atoms with van der Waals surface area (Å²) in [6.45, 7) is 0. The van der Waals surface area contributed by atoms with Crippen molar-refractivity contribution < 1.29 is 13.9 Å². The topological polar surface area (TPSA) is 65.5 Å². The molecule has 2 heterocycles. The highest BCUT2D eigenvalue weighted by Gasteiger charge is 2.16. The van der Waals surface area contributed by atoms with Crippen LogP contribution in [0.25, 0.3) is 10.6 Å². The Bertz CT molecular complexity index is 478. The van der Waals surface area contributed by atoms with Crippen LogP contribution in [-0.4, -0.2) is 13.1 Å². The lowest BCUT2D eigenvalue weighted by molar-refractivity contribution is 0.0607. The molecular formula is C10H10ClNO3S. The first-order chi connectivity index (χ1) is 7.22. The van der Waals surface area contributed by atoms with E-state index in [-0.39, 0.29) is 12.4 Å². The van der Waals surface area contributed by atoms with E-state index in [9.17, 15) is 4.79 Å². The zero-order valence-corrected chi connectivity index (χ0v) is 10.1. The molecule has 2 rings (SSSR count). The number of furan rings is 1. The lowest BCUT2D eigenvalue weighted by Crippen LogP contribution is -2.00. The molecule has 2 aromatic heterocycles. The van der Waals surface area contributed by atoms with Crippen molar-refractivity contribution in [3.05, 3.63) is 29.3 Å². The molecule has 0 fully saturated rings. The third-order valence-corrected chi connectivity index (χ3v) is 3.04. The SMILES string of the molecule is COC(=O)c1sc(-c2ccco2)cc1N.Cl. The Morgan fingerprint density at radius 3 is 2.88 bits per heavy atom. The number of methoxy groups -OCH3 is 1. The first-order valence-electron chi connectivity index (χ1n) is 4.24. The van der Waals surface area contributed by atoms with Crippen LogP contribution in [0.4, 0.5) is 5.69 Å². The number of nitrogens with two attached hydrogens (primary N) is 1. The average Bonchev–Trinajstić information content (AvgIpc) is 2.84. The predicted molar refractivity (Wildman–Crippen MR) is 65.0 cm³/mol. The van der Waals surface area contributed by atoms with E-state index in [2.05, 4.69) is 4.74 Å². The summed E-state index contributed by atoms with van der Waals surface area (Å²) in [4.78, 5) is 12.5. The van der Waals surface area contributed by atoms with E-state index in [1.807, 2.05) is 6.07 Å². The second kappa shape index (κ2) is 5.05. The van der Waals surface area contributed by atoms with Crippen molar-refractivity contribution in [1.29, 1.82) is 0 Å². The van der Waals surface area contributed by atoms with E-state index in [1.165, 1.54) is 18.4 Å². The summed E-state index contributed by atoms with van der Waals surface area (Å²) in [5.74, 6) is 0.275. The summed E-state index contributed by atoms with van der Waals surface area (Å²) in [6.07, 6.45) is 1.57. The molecule has 0 amide bonds. The zero-order valence-electron chi connectivity index (χ0n) is 8.43. The van der Waals surface area contributed by atoms with E-state index in [1.54, 1.807) is 18.4 Å². The van der Waals surface area contributed by atoms with Crippen LogP contribution < -0.4 is 5.73 Å². The third kappa shape index (κ3) is 2.20. The van der Waals surface area contributed by atoms with E-state index in [0.717, 1.165) is 4.88 Å². The van der Waals surface area contributed by atoms with Crippen LogP contribution in [0, 0.1) is 0 Å². The molecule has 86 valence electrons. The lowest BCUT2D eigenvalue weighted by Gasteiger charge is -1.94. The molecular weight excluding hydrogens is 250 g/mol. The number of hydrogen-bond donors (Lipinski definition) is 1.